The summed E-state index contributed by atoms with van der Waals surface area (Å²) in [5.74, 6) is 1.24. The number of benzene rings is 2. The fraction of sp³-hybridized carbons (Fsp3) is 0. The monoisotopic (exact) mass is 405 g/mol. The fourth-order valence-corrected chi connectivity index (χ4v) is 4.38. The maximum atomic E-state index is 5.87. The third-order valence-electron chi connectivity index (χ3n) is 4.26. The maximum absolute atomic E-state index is 5.87. The number of para-hydroxylation sites is 1. The van der Waals surface area contributed by atoms with Crippen LogP contribution in [0.2, 0.25) is 0 Å². The summed E-state index contributed by atoms with van der Waals surface area (Å²) in [7, 11) is 0. The Balaban J connectivity index is 1.63. The van der Waals surface area contributed by atoms with Crippen molar-refractivity contribution in [3.05, 3.63) is 76.1 Å². The van der Waals surface area contributed by atoms with Crippen LogP contribution in [0.1, 0.15) is 0 Å². The molecule has 0 saturated carbocycles. The number of nitrogens with zero attached hydrogens (tertiary/aromatic N) is 1. The molecule has 27 heavy (non-hydrogen) atoms. The number of hydrogen-bond donors (Lipinski definition) is 0. The Morgan fingerprint density at radius 1 is 0.741 bits per heavy atom. The molecule has 0 saturated heterocycles. The minimum atomic E-state index is 0.439. The topological polar surface area (TPSA) is 39.2 Å². The molecule has 3 aromatic heterocycles. The van der Waals surface area contributed by atoms with E-state index in [1.807, 2.05) is 66.7 Å². The molecular weight excluding hydrogens is 394 g/mol. The largest absolute Gasteiger partial charge is 0.444 e. The molecule has 130 valence electrons. The van der Waals surface area contributed by atoms with E-state index in [0.29, 0.717) is 15.3 Å². The molecule has 5 rings (SSSR count). The molecule has 0 radical (unpaired) electrons. The molecule has 0 atom stereocenters. The number of rotatable bonds is 2. The van der Waals surface area contributed by atoms with Crippen molar-refractivity contribution < 1.29 is 8.83 Å². The second-order valence-corrected chi connectivity index (χ2v) is 7.80. The molecule has 6 heteroatoms. The van der Waals surface area contributed by atoms with Gasteiger partial charge in [-0.05, 0) is 66.2 Å². The molecular formula is C21H11NO2S3. The summed E-state index contributed by atoms with van der Waals surface area (Å²) in [5.41, 5.74) is 0.821. The summed E-state index contributed by atoms with van der Waals surface area (Å²) in [6, 6.07) is 21.6. The molecule has 0 aliphatic heterocycles. The van der Waals surface area contributed by atoms with Crippen LogP contribution < -0.4 is 0 Å². The van der Waals surface area contributed by atoms with E-state index in [9.17, 15) is 0 Å². The average Bonchev–Trinajstić information content (AvgIpc) is 3.18. The predicted octanol–water partition coefficient (Wildman–Crippen LogP) is 7.43. The van der Waals surface area contributed by atoms with Crippen LogP contribution in [0.3, 0.4) is 0 Å². The molecule has 2 aromatic carbocycles. The van der Waals surface area contributed by atoms with E-state index in [1.165, 1.54) is 11.3 Å². The predicted molar refractivity (Wildman–Crippen MR) is 114 cm³/mol. The Morgan fingerprint density at radius 2 is 1.44 bits per heavy atom. The number of aromatic nitrogens is 1. The zero-order chi connectivity index (χ0) is 18.4. The zero-order valence-electron chi connectivity index (χ0n) is 13.8. The van der Waals surface area contributed by atoms with Gasteiger partial charge in [0, 0.05) is 5.39 Å². The van der Waals surface area contributed by atoms with E-state index in [4.69, 9.17) is 33.3 Å². The van der Waals surface area contributed by atoms with Crippen LogP contribution in [-0.4, -0.2) is 4.98 Å². The highest BCUT2D eigenvalue weighted by molar-refractivity contribution is 7.71. The minimum absolute atomic E-state index is 0.439. The Bertz CT molecular complexity index is 1320. The van der Waals surface area contributed by atoms with Crippen molar-refractivity contribution in [1.82, 2.24) is 4.98 Å². The van der Waals surface area contributed by atoms with E-state index in [2.05, 4.69) is 4.98 Å². The van der Waals surface area contributed by atoms with Crippen molar-refractivity contribution >= 4 is 57.4 Å². The average molecular weight is 406 g/mol. The molecule has 0 aliphatic rings. The molecule has 3 nitrogen and oxygen atoms in total. The number of thiophene rings is 1. The number of fused-ring (bicyclic) bond motifs is 2. The van der Waals surface area contributed by atoms with E-state index < -0.39 is 0 Å². The van der Waals surface area contributed by atoms with Gasteiger partial charge in [-0.15, -0.1) is 11.3 Å². The lowest BCUT2D eigenvalue weighted by Crippen LogP contribution is -1.83. The summed E-state index contributed by atoms with van der Waals surface area (Å²) >= 11 is 12.3. The molecule has 0 N–H and O–H groups in total. The van der Waals surface area contributed by atoms with Crippen molar-refractivity contribution in [2.45, 2.75) is 0 Å². The Morgan fingerprint density at radius 3 is 2.33 bits per heavy atom. The first-order valence-corrected chi connectivity index (χ1v) is 9.86. The smallest absolute Gasteiger partial charge is 0.238 e. The van der Waals surface area contributed by atoms with Gasteiger partial charge in [0.15, 0.2) is 4.71 Å². The molecule has 0 amide bonds. The van der Waals surface area contributed by atoms with Gasteiger partial charge in [0.1, 0.15) is 5.76 Å². The summed E-state index contributed by atoms with van der Waals surface area (Å²) in [6.07, 6.45) is 0. The minimum Gasteiger partial charge on any atom is -0.444 e. The van der Waals surface area contributed by atoms with Crippen molar-refractivity contribution in [3.63, 3.8) is 0 Å². The van der Waals surface area contributed by atoms with Gasteiger partial charge in [-0.25, -0.2) is 4.98 Å². The Hall–Kier alpha value is -2.67. The highest BCUT2D eigenvalue weighted by atomic mass is 32.1. The lowest BCUT2D eigenvalue weighted by atomic mass is 10.1. The van der Waals surface area contributed by atoms with Crippen molar-refractivity contribution in [2.75, 3.05) is 0 Å². The third-order valence-corrected chi connectivity index (χ3v) is 5.96. The van der Waals surface area contributed by atoms with Gasteiger partial charge in [0.05, 0.1) is 20.7 Å². The first-order valence-electron chi connectivity index (χ1n) is 8.22. The van der Waals surface area contributed by atoms with Crippen molar-refractivity contribution in [2.24, 2.45) is 0 Å². The second kappa shape index (κ2) is 6.49. The standard InChI is InChI=1S/C21H11NO2S3/c25-20-13-6-2-1-5-12(13)11-16(23-20)17-9-10-18(27-17)19-22-15-8-4-3-7-14(15)21(26)24-19/h1-11H. The van der Waals surface area contributed by atoms with E-state index in [-0.39, 0.29) is 0 Å². The molecule has 0 fully saturated rings. The first-order chi connectivity index (χ1) is 13.2. The summed E-state index contributed by atoms with van der Waals surface area (Å²) in [4.78, 5) is 6.45. The second-order valence-electron chi connectivity index (χ2n) is 5.97. The van der Waals surface area contributed by atoms with Crippen LogP contribution in [0.25, 0.3) is 43.1 Å². The van der Waals surface area contributed by atoms with Crippen LogP contribution in [0.4, 0.5) is 0 Å². The molecule has 0 bridgehead atoms. The van der Waals surface area contributed by atoms with Crippen LogP contribution in [-0.2, 0) is 0 Å². The van der Waals surface area contributed by atoms with Crippen molar-refractivity contribution in [3.8, 4) is 21.4 Å². The summed E-state index contributed by atoms with van der Waals surface area (Å²) in [6.45, 7) is 0. The molecule has 0 unspecified atom stereocenters. The fourth-order valence-electron chi connectivity index (χ4n) is 2.97. The molecule has 0 aliphatic carbocycles. The SMILES string of the molecule is S=c1oc(-c2ccc(-c3nc4ccccc4c(=S)o3)s2)cc2ccccc12. The van der Waals surface area contributed by atoms with Crippen LogP contribution in [0.5, 0.6) is 0 Å². The van der Waals surface area contributed by atoms with Gasteiger partial charge in [-0.2, -0.15) is 0 Å². The van der Waals surface area contributed by atoms with Gasteiger partial charge < -0.3 is 8.83 Å². The molecule has 5 aromatic rings. The van der Waals surface area contributed by atoms with Gasteiger partial charge in [0.2, 0.25) is 10.6 Å². The van der Waals surface area contributed by atoms with Crippen molar-refractivity contribution in [1.29, 1.82) is 0 Å². The quantitative estimate of drug-likeness (QED) is 0.286. The van der Waals surface area contributed by atoms with Gasteiger partial charge in [0.25, 0.3) is 0 Å². The third kappa shape index (κ3) is 2.92. The summed E-state index contributed by atoms with van der Waals surface area (Å²) in [5, 5.41) is 2.84. The Kier molecular flexibility index (Phi) is 3.97. The van der Waals surface area contributed by atoms with Crippen LogP contribution in [0.15, 0.2) is 75.6 Å². The van der Waals surface area contributed by atoms with E-state index in [0.717, 1.165) is 37.2 Å². The normalized spacial score (nSPS) is 11.3. The Labute approximate surface area is 168 Å². The lowest BCUT2D eigenvalue weighted by molar-refractivity contribution is 0.542. The molecule has 0 spiro atoms. The molecule has 3 heterocycles. The van der Waals surface area contributed by atoms with Crippen LogP contribution >= 0.6 is 35.8 Å². The lowest BCUT2D eigenvalue weighted by Gasteiger charge is -2.02. The van der Waals surface area contributed by atoms with E-state index in [1.54, 1.807) is 0 Å². The first kappa shape index (κ1) is 16.5. The highest BCUT2D eigenvalue weighted by Gasteiger charge is 2.12. The van der Waals surface area contributed by atoms with Crippen LogP contribution in [0, 0.1) is 9.41 Å². The highest BCUT2D eigenvalue weighted by Crippen LogP contribution is 2.36. The van der Waals surface area contributed by atoms with E-state index >= 15 is 0 Å². The van der Waals surface area contributed by atoms with Gasteiger partial charge in [-0.1, -0.05) is 30.3 Å². The zero-order valence-corrected chi connectivity index (χ0v) is 16.3. The van der Waals surface area contributed by atoms with Gasteiger partial charge in [-0.3, -0.25) is 0 Å². The van der Waals surface area contributed by atoms with Gasteiger partial charge >= 0.3 is 0 Å². The maximum Gasteiger partial charge on any atom is 0.238 e. The number of hydrogen-bond acceptors (Lipinski definition) is 6. The summed E-state index contributed by atoms with van der Waals surface area (Å²) < 4.78 is 12.6.